The third-order valence-electron chi connectivity index (χ3n) is 0.418. The van der Waals surface area contributed by atoms with Crippen LogP contribution in [0.2, 0.25) is 0 Å². The number of hydrogen-bond donors (Lipinski definition) is 1. The first-order chi connectivity index (χ1) is 3.42. The molecule has 8 heavy (non-hydrogen) atoms. The largest absolute Gasteiger partial charge is 0.279 e. The van der Waals surface area contributed by atoms with Crippen LogP contribution >= 0.6 is 0 Å². The number of nitrogens with zero attached hydrogens (tertiary/aromatic N) is 1. The second kappa shape index (κ2) is 2.44. The molecule has 0 bridgehead atoms. The quantitative estimate of drug-likeness (QED) is 0.403. The van der Waals surface area contributed by atoms with Gasteiger partial charge in [-0.2, -0.15) is 0 Å². The highest BCUT2D eigenvalue weighted by Crippen LogP contribution is 2.05. The molecule has 0 spiro atoms. The second-order valence-electron chi connectivity index (χ2n) is 2.75. The number of rotatable bonds is 1. The zero-order valence-corrected chi connectivity index (χ0v) is 5.93. The molecular weight excluding hydrogens is 104 g/mol. The van der Waals surface area contributed by atoms with E-state index in [4.69, 9.17) is 10.7 Å². The van der Waals surface area contributed by atoms with Crippen molar-refractivity contribution in [1.29, 1.82) is 0 Å². The Morgan fingerprint density at radius 1 is 1.38 bits per heavy atom. The summed E-state index contributed by atoms with van der Waals surface area (Å²) in [7, 11) is 1.66. The lowest BCUT2D eigenvalue weighted by atomic mass is 10.2. The molecule has 0 rings (SSSR count). The summed E-state index contributed by atoms with van der Waals surface area (Å²) in [6.07, 6.45) is 0. The van der Waals surface area contributed by atoms with E-state index in [0.717, 1.165) is 0 Å². The van der Waals surface area contributed by atoms with Gasteiger partial charge in [-0.1, -0.05) is 0 Å². The van der Waals surface area contributed by atoms with Crippen LogP contribution in [0, 0.1) is 0 Å². The van der Waals surface area contributed by atoms with Crippen molar-refractivity contribution >= 4 is 0 Å². The lowest BCUT2D eigenvalue weighted by Crippen LogP contribution is -2.35. The van der Waals surface area contributed by atoms with Crippen molar-refractivity contribution in [3.8, 4) is 0 Å². The molecule has 0 atom stereocenters. The van der Waals surface area contributed by atoms with Gasteiger partial charge in [0.25, 0.3) is 0 Å². The topological polar surface area (TPSA) is 38.5 Å². The molecule has 0 aromatic heterocycles. The number of hydrazine groups is 1. The van der Waals surface area contributed by atoms with Crippen LogP contribution in [-0.4, -0.2) is 17.8 Å². The van der Waals surface area contributed by atoms with Gasteiger partial charge in [-0.25, -0.2) is 5.84 Å². The minimum Gasteiger partial charge on any atom is -0.279 e. The van der Waals surface area contributed by atoms with E-state index in [1.165, 1.54) is 5.17 Å². The molecule has 0 heterocycles. The fraction of sp³-hybridized carbons (Fsp3) is 1.00. The number of hydrogen-bond acceptors (Lipinski definition) is 3. The third-order valence-corrected chi connectivity index (χ3v) is 0.418. The highest BCUT2D eigenvalue weighted by Gasteiger charge is 2.11. The predicted molar refractivity (Wildman–Crippen MR) is 32.8 cm³/mol. The summed E-state index contributed by atoms with van der Waals surface area (Å²) in [4.78, 5) is 5.05. The maximum Gasteiger partial charge on any atom is 0.0832 e. The summed E-state index contributed by atoms with van der Waals surface area (Å²) in [6.45, 7) is 5.82. The molecule has 0 aliphatic rings. The Kier molecular flexibility index (Phi) is 2.40. The fourth-order valence-electron chi connectivity index (χ4n) is 0.432. The van der Waals surface area contributed by atoms with E-state index >= 15 is 0 Å². The van der Waals surface area contributed by atoms with Crippen LogP contribution in [0.15, 0.2) is 0 Å². The summed E-state index contributed by atoms with van der Waals surface area (Å²) < 4.78 is 0. The molecule has 0 aliphatic carbocycles. The lowest BCUT2D eigenvalue weighted by Gasteiger charge is -2.22. The minimum absolute atomic E-state index is 0.177. The molecule has 0 amide bonds. The van der Waals surface area contributed by atoms with Gasteiger partial charge < -0.3 is 0 Å². The van der Waals surface area contributed by atoms with Crippen LogP contribution in [0.5, 0.6) is 0 Å². The summed E-state index contributed by atoms with van der Waals surface area (Å²) in [5.41, 5.74) is -0.177. The first-order valence-electron chi connectivity index (χ1n) is 2.59. The average molecular weight is 118 g/mol. The lowest BCUT2D eigenvalue weighted by molar-refractivity contribution is -0.216. The van der Waals surface area contributed by atoms with Crippen molar-refractivity contribution < 1.29 is 4.84 Å². The van der Waals surface area contributed by atoms with Gasteiger partial charge in [0, 0.05) is 7.05 Å². The normalized spacial score (nSPS) is 12.8. The smallest absolute Gasteiger partial charge is 0.0832 e. The molecule has 0 saturated heterocycles. The van der Waals surface area contributed by atoms with Gasteiger partial charge in [-0.3, -0.25) is 4.84 Å². The van der Waals surface area contributed by atoms with E-state index < -0.39 is 0 Å². The van der Waals surface area contributed by atoms with E-state index in [2.05, 4.69) is 0 Å². The van der Waals surface area contributed by atoms with E-state index in [1.54, 1.807) is 7.05 Å². The maximum atomic E-state index is 5.19. The highest BCUT2D eigenvalue weighted by molar-refractivity contribution is 4.55. The molecule has 0 aliphatic heterocycles. The SMILES string of the molecule is CN(N)OC(C)(C)C. The summed E-state index contributed by atoms with van der Waals surface area (Å²) in [6, 6.07) is 0. The van der Waals surface area contributed by atoms with Gasteiger partial charge in [0.1, 0.15) is 0 Å². The first-order valence-corrected chi connectivity index (χ1v) is 2.59. The van der Waals surface area contributed by atoms with Crippen LogP contribution in [0.3, 0.4) is 0 Å². The molecule has 3 heteroatoms. The van der Waals surface area contributed by atoms with Gasteiger partial charge in [-0.15, -0.1) is 5.17 Å². The molecular formula is C5H14N2O. The highest BCUT2D eigenvalue weighted by atomic mass is 16.7. The van der Waals surface area contributed by atoms with Crippen molar-refractivity contribution in [3.05, 3.63) is 0 Å². The second-order valence-corrected chi connectivity index (χ2v) is 2.75. The first kappa shape index (κ1) is 7.88. The number of hydroxylamine groups is 1. The summed E-state index contributed by atoms with van der Waals surface area (Å²) in [5.74, 6) is 5.19. The summed E-state index contributed by atoms with van der Waals surface area (Å²) >= 11 is 0. The Labute approximate surface area is 50.3 Å². The van der Waals surface area contributed by atoms with Gasteiger partial charge >= 0.3 is 0 Å². The predicted octanol–water partition coefficient (Wildman–Crippen LogP) is 0.522. The molecule has 50 valence electrons. The van der Waals surface area contributed by atoms with Crippen molar-refractivity contribution in [3.63, 3.8) is 0 Å². The van der Waals surface area contributed by atoms with Gasteiger partial charge in [0.15, 0.2) is 0 Å². The molecule has 3 nitrogen and oxygen atoms in total. The zero-order valence-electron chi connectivity index (χ0n) is 5.93. The van der Waals surface area contributed by atoms with Crippen LogP contribution in [0.4, 0.5) is 0 Å². The Balaban J connectivity index is 3.39. The maximum absolute atomic E-state index is 5.19. The van der Waals surface area contributed by atoms with Crippen LogP contribution in [0.25, 0.3) is 0 Å². The van der Waals surface area contributed by atoms with Gasteiger partial charge in [0.05, 0.1) is 5.60 Å². The Morgan fingerprint density at radius 2 is 1.75 bits per heavy atom. The fourth-order valence-corrected chi connectivity index (χ4v) is 0.432. The molecule has 0 radical (unpaired) electrons. The van der Waals surface area contributed by atoms with Crippen LogP contribution < -0.4 is 5.84 Å². The van der Waals surface area contributed by atoms with E-state index in [1.807, 2.05) is 20.8 Å². The van der Waals surface area contributed by atoms with Crippen molar-refractivity contribution in [2.75, 3.05) is 7.05 Å². The van der Waals surface area contributed by atoms with Crippen molar-refractivity contribution in [1.82, 2.24) is 5.17 Å². The van der Waals surface area contributed by atoms with E-state index in [9.17, 15) is 0 Å². The molecule has 0 unspecified atom stereocenters. The van der Waals surface area contributed by atoms with E-state index in [-0.39, 0.29) is 5.60 Å². The average Bonchev–Trinajstić information content (AvgIpc) is 1.21. The molecule has 0 fully saturated rings. The Hall–Kier alpha value is -0.120. The summed E-state index contributed by atoms with van der Waals surface area (Å²) in [5, 5.41) is 1.21. The Bertz CT molecular complexity index is 65.3. The van der Waals surface area contributed by atoms with Gasteiger partial charge in [0.2, 0.25) is 0 Å². The minimum atomic E-state index is -0.177. The number of nitrogens with two attached hydrogens (primary N) is 1. The third kappa shape index (κ3) is 5.88. The molecule has 0 aromatic rings. The van der Waals surface area contributed by atoms with Crippen LogP contribution in [-0.2, 0) is 4.84 Å². The Morgan fingerprint density at radius 3 is 1.75 bits per heavy atom. The van der Waals surface area contributed by atoms with Crippen LogP contribution in [0.1, 0.15) is 20.8 Å². The monoisotopic (exact) mass is 118 g/mol. The van der Waals surface area contributed by atoms with Gasteiger partial charge in [-0.05, 0) is 20.8 Å². The standard InChI is InChI=1S/C5H14N2O/c1-5(2,3)8-7(4)6/h6H2,1-4H3. The van der Waals surface area contributed by atoms with E-state index in [0.29, 0.717) is 0 Å². The van der Waals surface area contributed by atoms with Crippen molar-refractivity contribution in [2.24, 2.45) is 5.84 Å². The molecule has 2 N–H and O–H groups in total. The molecule has 0 saturated carbocycles. The molecule has 0 aromatic carbocycles. The van der Waals surface area contributed by atoms with Crippen molar-refractivity contribution in [2.45, 2.75) is 26.4 Å². The zero-order chi connectivity index (χ0) is 6.78.